The summed E-state index contributed by atoms with van der Waals surface area (Å²) >= 11 is 0. The van der Waals surface area contributed by atoms with Crippen molar-refractivity contribution in [2.24, 2.45) is 5.92 Å². The van der Waals surface area contributed by atoms with E-state index in [0.29, 0.717) is 18.5 Å². The SMILES string of the molecule is CNc1ncc(/C=C/c2ccc(OCCN3CC(OC)C3)cc2)c2cc(NC(=O)C3CC3)ncc12. The van der Waals surface area contributed by atoms with Crippen LogP contribution < -0.4 is 15.4 Å². The largest absolute Gasteiger partial charge is 0.492 e. The van der Waals surface area contributed by atoms with Gasteiger partial charge in [-0.1, -0.05) is 24.3 Å². The molecule has 0 atom stereocenters. The van der Waals surface area contributed by atoms with Crippen LogP contribution in [0.25, 0.3) is 22.9 Å². The van der Waals surface area contributed by atoms with Crippen LogP contribution in [0.15, 0.2) is 42.7 Å². The summed E-state index contributed by atoms with van der Waals surface area (Å²) in [6.45, 7) is 3.52. The summed E-state index contributed by atoms with van der Waals surface area (Å²) in [5.41, 5.74) is 2.01. The maximum absolute atomic E-state index is 12.2. The van der Waals surface area contributed by atoms with Gasteiger partial charge in [0, 0.05) is 63.1 Å². The first-order valence-electron chi connectivity index (χ1n) is 12.1. The lowest BCUT2D eigenvalue weighted by Gasteiger charge is -2.37. The molecule has 0 bridgehead atoms. The third-order valence-electron chi connectivity index (χ3n) is 6.51. The number of benzene rings is 1. The number of hydrogen-bond acceptors (Lipinski definition) is 7. The van der Waals surface area contributed by atoms with Gasteiger partial charge in [0.15, 0.2) is 0 Å². The van der Waals surface area contributed by atoms with Crippen LogP contribution >= 0.6 is 0 Å². The minimum atomic E-state index is 0.0446. The minimum Gasteiger partial charge on any atom is -0.492 e. The zero-order valence-corrected chi connectivity index (χ0v) is 20.2. The molecular formula is C27H31N5O3. The summed E-state index contributed by atoms with van der Waals surface area (Å²) in [4.78, 5) is 23.5. The molecule has 3 heterocycles. The molecular weight excluding hydrogens is 442 g/mol. The first kappa shape index (κ1) is 23.3. The van der Waals surface area contributed by atoms with Crippen LogP contribution in [0.4, 0.5) is 11.6 Å². The number of ether oxygens (including phenoxy) is 2. The van der Waals surface area contributed by atoms with Crippen molar-refractivity contribution in [1.29, 1.82) is 0 Å². The number of hydrogen-bond donors (Lipinski definition) is 2. The predicted octanol–water partition coefficient (Wildman–Crippen LogP) is 3.90. The fraction of sp³-hybridized carbons (Fsp3) is 0.370. The summed E-state index contributed by atoms with van der Waals surface area (Å²) in [5, 5.41) is 7.93. The Hall–Kier alpha value is -3.49. The Bertz CT molecular complexity index is 1220. The first-order valence-corrected chi connectivity index (χ1v) is 12.1. The number of carbonyl (C=O) groups excluding carboxylic acids is 1. The summed E-state index contributed by atoms with van der Waals surface area (Å²) in [5.74, 6) is 2.35. The highest BCUT2D eigenvalue weighted by Crippen LogP contribution is 2.31. The van der Waals surface area contributed by atoms with E-state index >= 15 is 0 Å². The van der Waals surface area contributed by atoms with E-state index in [1.165, 1.54) is 0 Å². The predicted molar refractivity (Wildman–Crippen MR) is 139 cm³/mol. The monoisotopic (exact) mass is 473 g/mol. The molecule has 1 saturated heterocycles. The van der Waals surface area contributed by atoms with Gasteiger partial charge in [0.1, 0.15) is 24.0 Å². The molecule has 1 aliphatic heterocycles. The Morgan fingerprint density at radius 3 is 2.63 bits per heavy atom. The van der Waals surface area contributed by atoms with Gasteiger partial charge >= 0.3 is 0 Å². The average molecular weight is 474 g/mol. The maximum atomic E-state index is 12.2. The van der Waals surface area contributed by atoms with Crippen molar-refractivity contribution in [2.75, 3.05) is 51.0 Å². The number of aromatic nitrogens is 2. The summed E-state index contributed by atoms with van der Waals surface area (Å²) in [6.07, 6.45) is 9.96. The van der Waals surface area contributed by atoms with Crippen LogP contribution in [0.2, 0.25) is 0 Å². The average Bonchev–Trinajstić information content (AvgIpc) is 3.70. The van der Waals surface area contributed by atoms with Gasteiger partial charge in [-0.2, -0.15) is 0 Å². The maximum Gasteiger partial charge on any atom is 0.228 e. The lowest BCUT2D eigenvalue weighted by molar-refractivity contribution is -0.117. The van der Waals surface area contributed by atoms with Crippen molar-refractivity contribution >= 4 is 40.5 Å². The molecule has 3 aromatic rings. The Balaban J connectivity index is 1.25. The number of likely N-dealkylation sites (tertiary alicyclic amines) is 1. The summed E-state index contributed by atoms with van der Waals surface area (Å²) < 4.78 is 11.2. The molecule has 8 nitrogen and oxygen atoms in total. The lowest BCUT2D eigenvalue weighted by Crippen LogP contribution is -2.52. The number of amides is 1. The zero-order valence-electron chi connectivity index (χ0n) is 20.2. The zero-order chi connectivity index (χ0) is 24.2. The molecule has 0 radical (unpaired) electrons. The van der Waals surface area contributed by atoms with Crippen molar-refractivity contribution in [3.05, 3.63) is 53.9 Å². The molecule has 1 amide bonds. The van der Waals surface area contributed by atoms with E-state index in [2.05, 4.69) is 25.5 Å². The van der Waals surface area contributed by atoms with Gasteiger partial charge in [0.25, 0.3) is 0 Å². The minimum absolute atomic E-state index is 0.0446. The van der Waals surface area contributed by atoms with E-state index in [-0.39, 0.29) is 11.8 Å². The van der Waals surface area contributed by atoms with Gasteiger partial charge in [-0.05, 0) is 42.0 Å². The second-order valence-corrected chi connectivity index (χ2v) is 9.06. The van der Waals surface area contributed by atoms with E-state index in [1.807, 2.05) is 55.7 Å². The van der Waals surface area contributed by atoms with Crippen LogP contribution in [0, 0.1) is 5.92 Å². The fourth-order valence-electron chi connectivity index (χ4n) is 4.14. The number of fused-ring (bicyclic) bond motifs is 1. The van der Waals surface area contributed by atoms with E-state index < -0.39 is 0 Å². The van der Waals surface area contributed by atoms with E-state index in [9.17, 15) is 4.79 Å². The van der Waals surface area contributed by atoms with Crippen molar-refractivity contribution in [3.63, 3.8) is 0 Å². The topological polar surface area (TPSA) is 88.6 Å². The van der Waals surface area contributed by atoms with Gasteiger partial charge in [0.2, 0.25) is 5.91 Å². The molecule has 182 valence electrons. The van der Waals surface area contributed by atoms with Gasteiger partial charge in [0.05, 0.1) is 6.10 Å². The Labute approximate surface area is 205 Å². The lowest BCUT2D eigenvalue weighted by atomic mass is 10.1. The van der Waals surface area contributed by atoms with Crippen molar-refractivity contribution in [1.82, 2.24) is 14.9 Å². The van der Waals surface area contributed by atoms with E-state index in [0.717, 1.165) is 65.9 Å². The number of anilines is 2. The van der Waals surface area contributed by atoms with Crippen molar-refractivity contribution < 1.29 is 14.3 Å². The fourth-order valence-corrected chi connectivity index (χ4v) is 4.14. The molecule has 1 aliphatic carbocycles. The Kier molecular flexibility index (Phi) is 6.92. The normalized spacial score (nSPS) is 16.4. The number of nitrogens with zero attached hydrogens (tertiary/aromatic N) is 3. The molecule has 5 rings (SSSR count). The number of rotatable bonds is 10. The van der Waals surface area contributed by atoms with Gasteiger partial charge < -0.3 is 20.1 Å². The highest BCUT2D eigenvalue weighted by atomic mass is 16.5. The molecule has 2 aliphatic rings. The van der Waals surface area contributed by atoms with E-state index in [4.69, 9.17) is 9.47 Å². The molecule has 0 unspecified atom stereocenters. The first-order chi connectivity index (χ1) is 17.1. The molecule has 2 fully saturated rings. The Morgan fingerprint density at radius 2 is 1.91 bits per heavy atom. The second-order valence-electron chi connectivity index (χ2n) is 9.06. The van der Waals surface area contributed by atoms with Gasteiger partial charge in [-0.15, -0.1) is 0 Å². The number of methoxy groups -OCH3 is 1. The van der Waals surface area contributed by atoms with Crippen LogP contribution in [-0.4, -0.2) is 67.3 Å². The van der Waals surface area contributed by atoms with E-state index in [1.54, 1.807) is 13.3 Å². The highest BCUT2D eigenvalue weighted by Gasteiger charge is 2.30. The molecule has 2 aromatic heterocycles. The third kappa shape index (κ3) is 5.61. The molecule has 2 N–H and O–H groups in total. The Morgan fingerprint density at radius 1 is 1.11 bits per heavy atom. The van der Waals surface area contributed by atoms with Gasteiger partial charge in [-0.3, -0.25) is 9.69 Å². The standard InChI is InChI=1S/C27H31N5O3/c1-28-26-24-15-29-25(31-27(33)19-7-8-19)13-23(24)20(14-30-26)6-3-18-4-9-21(10-5-18)35-12-11-32-16-22(17-32)34-2/h3-6,9-10,13-15,19,22H,7-8,11-12,16-17H2,1-2H3,(H,28,30)(H,29,31,33)/b6-3+. The number of nitrogens with one attached hydrogen (secondary N) is 2. The van der Waals surface area contributed by atoms with Crippen molar-refractivity contribution in [2.45, 2.75) is 18.9 Å². The third-order valence-corrected chi connectivity index (χ3v) is 6.51. The van der Waals surface area contributed by atoms with Crippen LogP contribution in [0.3, 0.4) is 0 Å². The van der Waals surface area contributed by atoms with Crippen LogP contribution in [-0.2, 0) is 9.53 Å². The molecule has 1 saturated carbocycles. The number of carbonyl (C=O) groups is 1. The second kappa shape index (κ2) is 10.4. The molecule has 35 heavy (non-hydrogen) atoms. The molecule has 1 aromatic carbocycles. The molecule has 8 heteroatoms. The summed E-state index contributed by atoms with van der Waals surface area (Å²) in [7, 11) is 3.60. The number of pyridine rings is 2. The highest BCUT2D eigenvalue weighted by molar-refractivity contribution is 6.01. The van der Waals surface area contributed by atoms with Gasteiger partial charge in [-0.25, -0.2) is 9.97 Å². The molecule has 0 spiro atoms. The van der Waals surface area contributed by atoms with Crippen LogP contribution in [0.1, 0.15) is 24.0 Å². The quantitative estimate of drug-likeness (QED) is 0.462. The smallest absolute Gasteiger partial charge is 0.228 e. The van der Waals surface area contributed by atoms with Crippen LogP contribution in [0.5, 0.6) is 5.75 Å². The van der Waals surface area contributed by atoms with Crippen molar-refractivity contribution in [3.8, 4) is 5.75 Å². The summed E-state index contributed by atoms with van der Waals surface area (Å²) in [6, 6.07) is 9.97.